The highest BCUT2D eigenvalue weighted by Crippen LogP contribution is 2.41. The molecule has 0 aromatic carbocycles. The highest BCUT2D eigenvalue weighted by Gasteiger charge is 2.40. The molecule has 0 radical (unpaired) electrons. The zero-order valence-electron chi connectivity index (χ0n) is 16.8. The zero-order valence-corrected chi connectivity index (χ0v) is 16.8. The number of amides is 2. The van der Waals surface area contributed by atoms with Crippen LogP contribution in [-0.4, -0.2) is 44.9 Å². The largest absolute Gasteiger partial charge is 0.366 e. The number of nitrogens with one attached hydrogen (secondary N) is 1. The third kappa shape index (κ3) is 2.83. The molecule has 148 valence electrons. The van der Waals surface area contributed by atoms with Crippen molar-refractivity contribution >= 4 is 23.2 Å². The Bertz CT molecular complexity index is 1090. The van der Waals surface area contributed by atoms with Crippen molar-refractivity contribution in [1.82, 2.24) is 19.7 Å². The molecule has 1 atom stereocenters. The lowest BCUT2D eigenvalue weighted by Crippen LogP contribution is -2.48. The van der Waals surface area contributed by atoms with E-state index >= 15 is 0 Å². The van der Waals surface area contributed by atoms with Gasteiger partial charge in [-0.05, 0) is 44.5 Å². The van der Waals surface area contributed by atoms with Crippen molar-refractivity contribution in [1.29, 1.82) is 0 Å². The first-order chi connectivity index (χ1) is 14.0. The molecule has 2 bridgehead atoms. The minimum absolute atomic E-state index is 0.109. The van der Waals surface area contributed by atoms with Gasteiger partial charge in [0.2, 0.25) is 0 Å². The Morgan fingerprint density at radius 2 is 2.10 bits per heavy atom. The molecule has 1 saturated heterocycles. The molecule has 8 nitrogen and oxygen atoms in total. The number of nitrogens with zero attached hydrogens (tertiary/aromatic N) is 6. The second kappa shape index (κ2) is 6.58. The molecule has 1 fully saturated rings. The fraction of sp³-hybridized carbons (Fsp3) is 0.333. The van der Waals surface area contributed by atoms with E-state index in [9.17, 15) is 4.79 Å². The smallest absolute Gasteiger partial charge is 0.327 e. The molecule has 0 spiro atoms. The number of pyridine rings is 2. The van der Waals surface area contributed by atoms with E-state index in [1.54, 1.807) is 18.5 Å². The summed E-state index contributed by atoms with van der Waals surface area (Å²) in [5, 5.41) is 7.49. The minimum Gasteiger partial charge on any atom is -0.366 e. The number of fused-ring (bicyclic) bond motifs is 4. The van der Waals surface area contributed by atoms with Crippen LogP contribution in [0, 0.1) is 13.8 Å². The number of anilines is 3. The Labute approximate surface area is 169 Å². The van der Waals surface area contributed by atoms with Gasteiger partial charge in [-0.3, -0.25) is 14.6 Å². The van der Waals surface area contributed by atoms with Crippen LogP contribution in [-0.2, 0) is 7.05 Å². The lowest BCUT2D eigenvalue weighted by atomic mass is 10.1. The van der Waals surface area contributed by atoms with Crippen LogP contribution in [0.15, 0.2) is 36.7 Å². The van der Waals surface area contributed by atoms with E-state index in [0.717, 1.165) is 47.8 Å². The van der Waals surface area contributed by atoms with Gasteiger partial charge in [0.15, 0.2) is 5.82 Å². The van der Waals surface area contributed by atoms with Crippen LogP contribution in [0.25, 0.3) is 11.3 Å². The van der Waals surface area contributed by atoms with E-state index in [4.69, 9.17) is 4.98 Å². The van der Waals surface area contributed by atoms with E-state index in [1.165, 1.54) is 0 Å². The van der Waals surface area contributed by atoms with Gasteiger partial charge < -0.3 is 10.2 Å². The average molecular weight is 389 g/mol. The Morgan fingerprint density at radius 1 is 1.24 bits per heavy atom. The quantitative estimate of drug-likeness (QED) is 0.728. The van der Waals surface area contributed by atoms with Crippen LogP contribution >= 0.6 is 0 Å². The van der Waals surface area contributed by atoms with E-state index in [0.29, 0.717) is 11.5 Å². The number of hydrogen-bond donors (Lipinski definition) is 1. The Kier molecular flexibility index (Phi) is 4.01. The van der Waals surface area contributed by atoms with Gasteiger partial charge in [0.1, 0.15) is 0 Å². The van der Waals surface area contributed by atoms with Gasteiger partial charge in [0.05, 0.1) is 35.0 Å². The number of rotatable bonds is 2. The Hall–Kier alpha value is -3.42. The van der Waals surface area contributed by atoms with Crippen molar-refractivity contribution in [2.45, 2.75) is 26.3 Å². The average Bonchev–Trinajstić information content (AvgIpc) is 3.23. The summed E-state index contributed by atoms with van der Waals surface area (Å²) in [6.07, 6.45) is 4.26. The number of urea groups is 1. The second-order valence-corrected chi connectivity index (χ2v) is 7.64. The van der Waals surface area contributed by atoms with Gasteiger partial charge in [-0.1, -0.05) is 0 Å². The van der Waals surface area contributed by atoms with E-state index in [1.807, 2.05) is 42.6 Å². The van der Waals surface area contributed by atoms with E-state index < -0.39 is 0 Å². The molecule has 5 rings (SSSR count). The molecule has 2 amide bonds. The molecule has 0 saturated carbocycles. The number of aryl methyl sites for hydroxylation is 2. The molecule has 29 heavy (non-hydrogen) atoms. The van der Waals surface area contributed by atoms with Gasteiger partial charge in [-0.2, -0.15) is 5.10 Å². The van der Waals surface area contributed by atoms with E-state index in [2.05, 4.69) is 26.4 Å². The minimum atomic E-state index is -0.171. The third-order valence-electron chi connectivity index (χ3n) is 5.85. The van der Waals surface area contributed by atoms with Crippen LogP contribution in [0.3, 0.4) is 0 Å². The van der Waals surface area contributed by atoms with Crippen LogP contribution in [0.4, 0.5) is 22.0 Å². The third-order valence-corrected chi connectivity index (χ3v) is 5.85. The summed E-state index contributed by atoms with van der Waals surface area (Å²) >= 11 is 0. The molecule has 0 unspecified atom stereocenters. The van der Waals surface area contributed by atoms with Crippen molar-refractivity contribution in [2.24, 2.45) is 7.05 Å². The second-order valence-electron chi connectivity index (χ2n) is 7.64. The molecule has 2 aliphatic rings. The van der Waals surface area contributed by atoms with Gasteiger partial charge in [0.25, 0.3) is 0 Å². The molecular formula is C21H23N7O. The van der Waals surface area contributed by atoms with Gasteiger partial charge >= 0.3 is 6.03 Å². The first-order valence-electron chi connectivity index (χ1n) is 9.79. The SMILES string of the molecule is Cc1nn(C)c(C)c1-c1ccc2c(n1)N(C(=O)Nc1cccnc1)[C@H]1CCN2C1. The summed E-state index contributed by atoms with van der Waals surface area (Å²) in [4.78, 5) is 26.4. The summed E-state index contributed by atoms with van der Waals surface area (Å²) in [5.74, 6) is 0.709. The number of carbonyl (C=O) groups excluding carboxylic acids is 1. The van der Waals surface area contributed by atoms with Crippen LogP contribution in [0.2, 0.25) is 0 Å². The molecule has 2 aliphatic heterocycles. The maximum absolute atomic E-state index is 13.2. The predicted molar refractivity (Wildman–Crippen MR) is 112 cm³/mol. The molecular weight excluding hydrogens is 366 g/mol. The first kappa shape index (κ1) is 17.7. The standard InChI is InChI=1S/C21H23N7O/c1-13-19(14(2)26(3)25-13)17-6-7-18-20(24-17)28(16-8-10-27(18)12-16)21(29)23-15-5-4-9-22-11-15/h4-7,9,11,16H,8,10,12H2,1-3H3,(H,23,29)/t16-/m0/s1. The zero-order chi connectivity index (χ0) is 20.1. The van der Waals surface area contributed by atoms with Crippen molar-refractivity contribution in [2.75, 3.05) is 28.2 Å². The number of aromatic nitrogens is 4. The normalized spacial score (nSPS) is 17.4. The first-order valence-corrected chi connectivity index (χ1v) is 9.79. The number of hydrogen-bond acceptors (Lipinski definition) is 5. The Morgan fingerprint density at radius 3 is 2.83 bits per heavy atom. The maximum atomic E-state index is 13.2. The summed E-state index contributed by atoms with van der Waals surface area (Å²) in [7, 11) is 1.93. The summed E-state index contributed by atoms with van der Waals surface area (Å²) in [5.41, 5.74) is 5.53. The topological polar surface area (TPSA) is 79.2 Å². The molecule has 3 aromatic heterocycles. The van der Waals surface area contributed by atoms with Crippen molar-refractivity contribution < 1.29 is 4.79 Å². The molecule has 1 N–H and O–H groups in total. The van der Waals surface area contributed by atoms with Gasteiger partial charge in [-0.25, -0.2) is 9.78 Å². The highest BCUT2D eigenvalue weighted by molar-refractivity contribution is 6.04. The van der Waals surface area contributed by atoms with Crippen molar-refractivity contribution in [3.8, 4) is 11.3 Å². The van der Waals surface area contributed by atoms with Gasteiger partial charge in [0, 0.05) is 37.6 Å². The molecule has 5 heterocycles. The number of carbonyl (C=O) groups is 1. The van der Waals surface area contributed by atoms with E-state index in [-0.39, 0.29) is 12.1 Å². The monoisotopic (exact) mass is 389 g/mol. The highest BCUT2D eigenvalue weighted by atomic mass is 16.2. The van der Waals surface area contributed by atoms with Crippen LogP contribution in [0.1, 0.15) is 17.8 Å². The van der Waals surface area contributed by atoms with Crippen LogP contribution in [0.5, 0.6) is 0 Å². The van der Waals surface area contributed by atoms with Gasteiger partial charge in [-0.15, -0.1) is 0 Å². The lowest BCUT2D eigenvalue weighted by molar-refractivity contribution is 0.255. The lowest BCUT2D eigenvalue weighted by Gasteiger charge is -2.35. The fourth-order valence-electron chi connectivity index (χ4n) is 4.38. The molecule has 3 aromatic rings. The summed E-state index contributed by atoms with van der Waals surface area (Å²) in [6.45, 7) is 5.79. The molecule has 0 aliphatic carbocycles. The summed E-state index contributed by atoms with van der Waals surface area (Å²) in [6, 6.07) is 7.69. The molecule has 8 heteroatoms. The Balaban J connectivity index is 1.57. The fourth-order valence-corrected chi connectivity index (χ4v) is 4.38. The van der Waals surface area contributed by atoms with Crippen LogP contribution < -0.4 is 15.1 Å². The van der Waals surface area contributed by atoms with Crippen molar-refractivity contribution in [3.63, 3.8) is 0 Å². The van der Waals surface area contributed by atoms with Crippen molar-refractivity contribution in [3.05, 3.63) is 48.0 Å². The predicted octanol–water partition coefficient (Wildman–Crippen LogP) is 3.12. The summed E-state index contributed by atoms with van der Waals surface area (Å²) < 4.78 is 1.87. The maximum Gasteiger partial charge on any atom is 0.327 e.